The fourth-order valence-electron chi connectivity index (χ4n) is 2.04. The van der Waals surface area contributed by atoms with Crippen molar-refractivity contribution >= 4 is 11.8 Å². The van der Waals surface area contributed by atoms with Crippen molar-refractivity contribution in [3.05, 3.63) is 23.6 Å². The SMILES string of the molecule is CC1CCN(c2nccc(C(=O)O)c2F)CC1. The van der Waals surface area contributed by atoms with Crippen molar-refractivity contribution in [1.82, 2.24) is 4.98 Å². The molecule has 0 aromatic carbocycles. The number of carboxylic acids is 1. The molecule has 0 bridgehead atoms. The van der Waals surface area contributed by atoms with E-state index in [9.17, 15) is 9.18 Å². The lowest BCUT2D eigenvalue weighted by Gasteiger charge is -2.31. The molecule has 4 nitrogen and oxygen atoms in total. The zero-order valence-electron chi connectivity index (χ0n) is 9.69. The van der Waals surface area contributed by atoms with Crippen LogP contribution in [0.4, 0.5) is 10.2 Å². The average Bonchev–Trinajstić information content (AvgIpc) is 2.30. The van der Waals surface area contributed by atoms with Crippen LogP contribution < -0.4 is 4.90 Å². The number of rotatable bonds is 2. The summed E-state index contributed by atoms with van der Waals surface area (Å²) in [5.41, 5.74) is -0.311. The molecule has 17 heavy (non-hydrogen) atoms. The molecule has 5 heteroatoms. The van der Waals surface area contributed by atoms with Gasteiger partial charge >= 0.3 is 5.97 Å². The number of halogens is 1. The molecular formula is C12H15FN2O2. The van der Waals surface area contributed by atoms with E-state index in [0.29, 0.717) is 5.92 Å². The van der Waals surface area contributed by atoms with Gasteiger partial charge in [0.1, 0.15) is 5.56 Å². The van der Waals surface area contributed by atoms with Gasteiger partial charge in [-0.1, -0.05) is 6.92 Å². The molecule has 1 saturated heterocycles. The normalized spacial score (nSPS) is 17.2. The quantitative estimate of drug-likeness (QED) is 0.857. The van der Waals surface area contributed by atoms with Gasteiger partial charge in [-0.05, 0) is 24.8 Å². The van der Waals surface area contributed by atoms with E-state index in [0.717, 1.165) is 25.9 Å². The number of carboxylic acid groups (broad SMARTS) is 1. The maximum absolute atomic E-state index is 13.9. The smallest absolute Gasteiger partial charge is 0.338 e. The molecule has 1 N–H and O–H groups in total. The number of hydrogen-bond donors (Lipinski definition) is 1. The molecule has 1 aliphatic rings. The second-order valence-electron chi connectivity index (χ2n) is 4.47. The van der Waals surface area contributed by atoms with Crippen molar-refractivity contribution in [2.45, 2.75) is 19.8 Å². The van der Waals surface area contributed by atoms with E-state index in [1.165, 1.54) is 12.3 Å². The predicted molar refractivity (Wildman–Crippen MR) is 61.8 cm³/mol. The van der Waals surface area contributed by atoms with Gasteiger partial charge in [-0.25, -0.2) is 14.2 Å². The van der Waals surface area contributed by atoms with Crippen LogP contribution in [-0.4, -0.2) is 29.1 Å². The number of hydrogen-bond acceptors (Lipinski definition) is 3. The Labute approximate surface area is 99.1 Å². The number of pyridine rings is 1. The van der Waals surface area contributed by atoms with Crippen LogP contribution in [0.1, 0.15) is 30.1 Å². The summed E-state index contributed by atoms with van der Waals surface area (Å²) in [4.78, 5) is 16.6. The first-order valence-corrected chi connectivity index (χ1v) is 5.72. The van der Waals surface area contributed by atoms with Gasteiger partial charge in [0, 0.05) is 19.3 Å². The maximum atomic E-state index is 13.9. The number of piperidine rings is 1. The third-order valence-corrected chi connectivity index (χ3v) is 3.18. The Hall–Kier alpha value is -1.65. The summed E-state index contributed by atoms with van der Waals surface area (Å²) in [5, 5.41) is 8.84. The van der Waals surface area contributed by atoms with E-state index in [-0.39, 0.29) is 11.4 Å². The molecule has 2 rings (SSSR count). The van der Waals surface area contributed by atoms with Gasteiger partial charge < -0.3 is 10.0 Å². The first kappa shape index (κ1) is 11.8. The van der Waals surface area contributed by atoms with Gasteiger partial charge in [-0.3, -0.25) is 0 Å². The van der Waals surface area contributed by atoms with Gasteiger partial charge in [-0.15, -0.1) is 0 Å². The molecule has 0 radical (unpaired) electrons. The van der Waals surface area contributed by atoms with E-state index in [1.54, 1.807) is 0 Å². The third kappa shape index (κ3) is 2.38. The summed E-state index contributed by atoms with van der Waals surface area (Å²) in [6, 6.07) is 1.19. The fraction of sp³-hybridized carbons (Fsp3) is 0.500. The van der Waals surface area contributed by atoms with Crippen LogP contribution in [0.5, 0.6) is 0 Å². The molecule has 0 atom stereocenters. The Bertz CT molecular complexity index is 429. The average molecular weight is 238 g/mol. The molecular weight excluding hydrogens is 223 g/mol. The fourth-order valence-corrected chi connectivity index (χ4v) is 2.04. The molecule has 1 aliphatic heterocycles. The van der Waals surface area contributed by atoms with Gasteiger partial charge in [0.25, 0.3) is 0 Å². The highest BCUT2D eigenvalue weighted by Crippen LogP contribution is 2.24. The van der Waals surface area contributed by atoms with Gasteiger partial charge in [0.2, 0.25) is 0 Å². The Morgan fingerprint density at radius 3 is 2.76 bits per heavy atom. The van der Waals surface area contributed by atoms with Crippen molar-refractivity contribution in [2.24, 2.45) is 5.92 Å². The van der Waals surface area contributed by atoms with Gasteiger partial charge in [-0.2, -0.15) is 0 Å². The van der Waals surface area contributed by atoms with E-state index in [2.05, 4.69) is 11.9 Å². The Morgan fingerprint density at radius 2 is 2.18 bits per heavy atom. The lowest BCUT2D eigenvalue weighted by molar-refractivity contribution is 0.0691. The Kier molecular flexibility index (Phi) is 3.26. The molecule has 0 unspecified atom stereocenters. The predicted octanol–water partition coefficient (Wildman–Crippen LogP) is 2.16. The molecule has 0 amide bonds. The minimum atomic E-state index is -1.25. The first-order valence-electron chi connectivity index (χ1n) is 5.72. The molecule has 0 aliphatic carbocycles. The summed E-state index contributed by atoms with van der Waals surface area (Å²) < 4.78 is 13.9. The number of aromatic nitrogens is 1. The molecule has 92 valence electrons. The van der Waals surface area contributed by atoms with Crippen molar-refractivity contribution in [1.29, 1.82) is 0 Å². The van der Waals surface area contributed by atoms with E-state index in [1.807, 2.05) is 4.90 Å². The molecule has 0 spiro atoms. The van der Waals surface area contributed by atoms with Gasteiger partial charge in [0.05, 0.1) is 0 Å². The third-order valence-electron chi connectivity index (χ3n) is 3.18. The monoisotopic (exact) mass is 238 g/mol. The molecule has 1 aromatic rings. The Morgan fingerprint density at radius 1 is 1.53 bits per heavy atom. The van der Waals surface area contributed by atoms with Crippen molar-refractivity contribution in [2.75, 3.05) is 18.0 Å². The molecule has 1 aromatic heterocycles. The molecule has 1 fully saturated rings. The Balaban J connectivity index is 2.27. The first-order chi connectivity index (χ1) is 8.09. The highest BCUT2D eigenvalue weighted by atomic mass is 19.1. The number of aromatic carboxylic acids is 1. The minimum absolute atomic E-state index is 0.164. The zero-order valence-corrected chi connectivity index (χ0v) is 9.69. The number of anilines is 1. The van der Waals surface area contributed by atoms with Crippen LogP contribution >= 0.6 is 0 Å². The molecule has 0 saturated carbocycles. The van der Waals surface area contributed by atoms with Crippen LogP contribution in [0.2, 0.25) is 0 Å². The van der Waals surface area contributed by atoms with Crippen LogP contribution in [-0.2, 0) is 0 Å². The minimum Gasteiger partial charge on any atom is -0.478 e. The van der Waals surface area contributed by atoms with Crippen molar-refractivity contribution in [3.8, 4) is 0 Å². The maximum Gasteiger partial charge on any atom is 0.338 e. The standard InChI is InChI=1S/C12H15FN2O2/c1-8-3-6-15(7-4-8)11-10(13)9(12(16)17)2-5-14-11/h2,5,8H,3-4,6-7H2,1H3,(H,16,17). The number of nitrogens with zero attached hydrogens (tertiary/aromatic N) is 2. The topological polar surface area (TPSA) is 53.4 Å². The van der Waals surface area contributed by atoms with Crippen LogP contribution in [0.25, 0.3) is 0 Å². The summed E-state index contributed by atoms with van der Waals surface area (Å²) in [6.45, 7) is 3.62. The summed E-state index contributed by atoms with van der Waals surface area (Å²) >= 11 is 0. The van der Waals surface area contributed by atoms with Crippen molar-refractivity contribution in [3.63, 3.8) is 0 Å². The van der Waals surface area contributed by atoms with Gasteiger partial charge in [0.15, 0.2) is 11.6 Å². The second-order valence-corrected chi connectivity index (χ2v) is 4.47. The lowest BCUT2D eigenvalue weighted by atomic mass is 9.99. The lowest BCUT2D eigenvalue weighted by Crippen LogP contribution is -2.34. The number of carbonyl (C=O) groups is 1. The summed E-state index contributed by atoms with van der Waals surface area (Å²) in [5.74, 6) is -1.18. The highest BCUT2D eigenvalue weighted by Gasteiger charge is 2.22. The largest absolute Gasteiger partial charge is 0.478 e. The van der Waals surface area contributed by atoms with Crippen LogP contribution in [0.3, 0.4) is 0 Å². The summed E-state index contributed by atoms with van der Waals surface area (Å²) in [7, 11) is 0. The van der Waals surface area contributed by atoms with Crippen LogP contribution in [0, 0.1) is 11.7 Å². The van der Waals surface area contributed by atoms with Crippen molar-refractivity contribution < 1.29 is 14.3 Å². The summed E-state index contributed by atoms with van der Waals surface area (Å²) in [6.07, 6.45) is 3.32. The van der Waals surface area contributed by atoms with Crippen LogP contribution in [0.15, 0.2) is 12.3 Å². The second kappa shape index (κ2) is 4.69. The van der Waals surface area contributed by atoms with E-state index in [4.69, 9.17) is 5.11 Å². The highest BCUT2D eigenvalue weighted by molar-refractivity contribution is 5.88. The zero-order chi connectivity index (χ0) is 12.4. The van der Waals surface area contributed by atoms with E-state index < -0.39 is 11.8 Å². The molecule has 2 heterocycles. The van der Waals surface area contributed by atoms with E-state index >= 15 is 0 Å².